The Balaban J connectivity index is 2.02. The van der Waals surface area contributed by atoms with Crippen LogP contribution in [-0.2, 0) is 11.3 Å². The number of amides is 1. The topological polar surface area (TPSA) is 32.3 Å². The molecule has 0 radical (unpaired) electrons. The van der Waals surface area contributed by atoms with E-state index in [0.717, 1.165) is 5.56 Å². The Morgan fingerprint density at radius 3 is 2.27 bits per heavy atom. The number of hydrogen-bond acceptors (Lipinski definition) is 2. The van der Waals surface area contributed by atoms with E-state index < -0.39 is 0 Å². The molecule has 0 saturated carbocycles. The van der Waals surface area contributed by atoms with Crippen LogP contribution in [0.5, 0.6) is 0 Å². The molecule has 0 aliphatic carbocycles. The summed E-state index contributed by atoms with van der Waals surface area (Å²) in [5, 5.41) is 3.27. The summed E-state index contributed by atoms with van der Waals surface area (Å²) in [6.07, 6.45) is 0. The van der Waals surface area contributed by atoms with E-state index in [-0.39, 0.29) is 42.1 Å². The Morgan fingerprint density at radius 1 is 1.08 bits per heavy atom. The van der Waals surface area contributed by atoms with Gasteiger partial charge in [-0.1, -0.05) is 51.1 Å². The molecule has 0 aliphatic heterocycles. The Kier molecular flexibility index (Phi) is 6.48. The molecule has 1 amide bonds. The molecule has 2 aromatic rings. The molecule has 1 unspecified atom stereocenters. The van der Waals surface area contributed by atoms with Crippen LogP contribution in [0.15, 0.2) is 48.5 Å². The highest BCUT2D eigenvalue weighted by Gasteiger charge is 2.27. The van der Waals surface area contributed by atoms with Gasteiger partial charge >= 0.3 is 0 Å². The molecule has 3 nitrogen and oxygen atoms in total. The highest BCUT2D eigenvalue weighted by Crippen LogP contribution is 2.32. The Morgan fingerprint density at radius 2 is 1.69 bits per heavy atom. The van der Waals surface area contributed by atoms with E-state index in [4.69, 9.17) is 0 Å². The fourth-order valence-electron chi connectivity index (χ4n) is 2.87. The van der Waals surface area contributed by atoms with Crippen LogP contribution in [0.3, 0.4) is 0 Å². The lowest BCUT2D eigenvalue weighted by atomic mass is 9.82. The van der Waals surface area contributed by atoms with Gasteiger partial charge in [-0.15, -0.1) is 0 Å². The molecular weight excluding hydrogens is 334 g/mol. The van der Waals surface area contributed by atoms with Gasteiger partial charge in [0.25, 0.3) is 0 Å². The van der Waals surface area contributed by atoms with Crippen LogP contribution in [-0.4, -0.2) is 24.4 Å². The molecule has 2 rings (SSSR count). The zero-order valence-electron chi connectivity index (χ0n) is 15.7. The second-order valence-electron chi connectivity index (χ2n) is 7.57. The van der Waals surface area contributed by atoms with Gasteiger partial charge in [-0.25, -0.2) is 8.78 Å². The summed E-state index contributed by atoms with van der Waals surface area (Å²) in [6.45, 7) is 6.50. The summed E-state index contributed by atoms with van der Waals surface area (Å²) in [4.78, 5) is 14.0. The van der Waals surface area contributed by atoms with Gasteiger partial charge in [-0.05, 0) is 29.2 Å². The highest BCUT2D eigenvalue weighted by molar-refractivity contribution is 5.78. The van der Waals surface area contributed by atoms with Gasteiger partial charge in [-0.3, -0.25) is 4.79 Å². The minimum absolute atomic E-state index is 0.115. The number of benzene rings is 2. The van der Waals surface area contributed by atoms with Gasteiger partial charge < -0.3 is 10.2 Å². The van der Waals surface area contributed by atoms with E-state index in [2.05, 4.69) is 26.1 Å². The van der Waals surface area contributed by atoms with Gasteiger partial charge in [0.05, 0.1) is 6.54 Å². The Labute approximate surface area is 154 Å². The quantitative estimate of drug-likeness (QED) is 0.833. The molecule has 0 aliphatic rings. The lowest BCUT2D eigenvalue weighted by molar-refractivity contribution is -0.129. The smallest absolute Gasteiger partial charge is 0.236 e. The number of carbonyl (C=O) groups is 1. The lowest BCUT2D eigenvalue weighted by Crippen LogP contribution is -2.40. The summed E-state index contributed by atoms with van der Waals surface area (Å²) in [5.74, 6) is -0.745. The fraction of sp³-hybridized carbons (Fsp3) is 0.381. The van der Waals surface area contributed by atoms with Crippen LogP contribution in [0.4, 0.5) is 8.78 Å². The zero-order valence-corrected chi connectivity index (χ0v) is 15.7. The molecule has 0 bridgehead atoms. The van der Waals surface area contributed by atoms with E-state index >= 15 is 0 Å². The zero-order chi connectivity index (χ0) is 19.3. The van der Waals surface area contributed by atoms with E-state index in [1.54, 1.807) is 37.4 Å². The van der Waals surface area contributed by atoms with Crippen molar-refractivity contribution in [3.8, 4) is 0 Å². The van der Waals surface area contributed by atoms with E-state index in [9.17, 15) is 13.6 Å². The monoisotopic (exact) mass is 360 g/mol. The third kappa shape index (κ3) is 5.36. The van der Waals surface area contributed by atoms with Crippen molar-refractivity contribution >= 4 is 5.91 Å². The molecule has 1 N–H and O–H groups in total. The first-order chi connectivity index (χ1) is 12.2. The Hall–Kier alpha value is -2.27. The summed E-state index contributed by atoms with van der Waals surface area (Å²) < 4.78 is 26.9. The first-order valence-electron chi connectivity index (χ1n) is 8.64. The summed E-state index contributed by atoms with van der Waals surface area (Å²) in [6, 6.07) is 12.6. The fourth-order valence-corrected chi connectivity index (χ4v) is 2.87. The molecule has 140 valence electrons. The van der Waals surface area contributed by atoms with Crippen molar-refractivity contribution in [1.82, 2.24) is 10.2 Å². The normalized spacial score (nSPS) is 12.7. The van der Waals surface area contributed by atoms with Crippen molar-refractivity contribution < 1.29 is 13.6 Å². The van der Waals surface area contributed by atoms with Crippen molar-refractivity contribution in [2.24, 2.45) is 5.41 Å². The van der Waals surface area contributed by atoms with Crippen LogP contribution < -0.4 is 5.32 Å². The number of nitrogens with one attached hydrogen (secondary N) is 1. The molecule has 0 fully saturated rings. The highest BCUT2D eigenvalue weighted by atomic mass is 19.1. The average Bonchev–Trinajstić information content (AvgIpc) is 2.57. The summed E-state index contributed by atoms with van der Waals surface area (Å²) in [7, 11) is 1.65. The van der Waals surface area contributed by atoms with Gasteiger partial charge in [-0.2, -0.15) is 0 Å². The van der Waals surface area contributed by atoms with Crippen molar-refractivity contribution in [1.29, 1.82) is 0 Å². The Bertz CT molecular complexity index is 738. The minimum atomic E-state index is -0.320. The van der Waals surface area contributed by atoms with Crippen molar-refractivity contribution in [3.63, 3.8) is 0 Å². The third-order valence-corrected chi connectivity index (χ3v) is 4.32. The van der Waals surface area contributed by atoms with Crippen LogP contribution in [0, 0.1) is 17.0 Å². The lowest BCUT2D eigenvalue weighted by Gasteiger charge is -2.32. The SMILES string of the molecule is CN(Cc1ccccc1F)C(=O)CNC(c1ccc(F)cc1)C(C)(C)C. The second-order valence-corrected chi connectivity index (χ2v) is 7.57. The number of carbonyl (C=O) groups excluding carboxylic acids is 1. The van der Waals surface area contributed by atoms with Gasteiger partial charge in [0.15, 0.2) is 0 Å². The molecule has 26 heavy (non-hydrogen) atoms. The van der Waals surface area contributed by atoms with Crippen molar-refractivity contribution in [3.05, 3.63) is 71.3 Å². The maximum atomic E-state index is 13.8. The minimum Gasteiger partial charge on any atom is -0.340 e. The largest absolute Gasteiger partial charge is 0.340 e. The van der Waals surface area contributed by atoms with Gasteiger partial charge in [0, 0.05) is 25.2 Å². The van der Waals surface area contributed by atoms with Gasteiger partial charge in [0.1, 0.15) is 11.6 Å². The average molecular weight is 360 g/mol. The van der Waals surface area contributed by atoms with Gasteiger partial charge in [0.2, 0.25) is 5.91 Å². The van der Waals surface area contributed by atoms with E-state index in [1.807, 2.05) is 0 Å². The standard InChI is InChI=1S/C21H26F2N2O/c1-21(2,3)20(15-9-11-17(22)12-10-15)24-13-19(26)25(4)14-16-7-5-6-8-18(16)23/h5-12,20,24H,13-14H2,1-4H3. The molecule has 0 spiro atoms. The first-order valence-corrected chi connectivity index (χ1v) is 8.64. The maximum Gasteiger partial charge on any atom is 0.236 e. The number of likely N-dealkylation sites (N-methyl/N-ethyl adjacent to an activating group) is 1. The van der Waals surface area contributed by atoms with Crippen LogP contribution in [0.25, 0.3) is 0 Å². The van der Waals surface area contributed by atoms with E-state index in [1.165, 1.54) is 23.1 Å². The molecule has 0 aromatic heterocycles. The van der Waals surface area contributed by atoms with Crippen LogP contribution in [0.1, 0.15) is 37.9 Å². The van der Waals surface area contributed by atoms with Crippen LogP contribution in [0.2, 0.25) is 0 Å². The number of hydrogen-bond donors (Lipinski definition) is 1. The van der Waals surface area contributed by atoms with E-state index in [0.29, 0.717) is 5.56 Å². The predicted octanol–water partition coefficient (Wildman–Crippen LogP) is 4.30. The number of halogens is 2. The van der Waals surface area contributed by atoms with Crippen molar-refractivity contribution in [2.45, 2.75) is 33.4 Å². The molecule has 5 heteroatoms. The predicted molar refractivity (Wildman–Crippen MR) is 99.5 cm³/mol. The molecule has 2 aromatic carbocycles. The second kappa shape index (κ2) is 8.41. The number of rotatable bonds is 6. The third-order valence-electron chi connectivity index (χ3n) is 4.32. The maximum absolute atomic E-state index is 13.8. The molecule has 0 saturated heterocycles. The first kappa shape index (κ1) is 20.0. The molecular formula is C21H26F2N2O. The van der Waals surface area contributed by atoms with Crippen LogP contribution >= 0.6 is 0 Å². The molecule has 1 atom stereocenters. The molecule has 0 heterocycles. The summed E-state index contributed by atoms with van der Waals surface area (Å²) in [5.41, 5.74) is 1.24. The number of nitrogens with zero attached hydrogens (tertiary/aromatic N) is 1. The summed E-state index contributed by atoms with van der Waals surface area (Å²) >= 11 is 0. The van der Waals surface area contributed by atoms with Crippen molar-refractivity contribution in [2.75, 3.05) is 13.6 Å².